The molecule has 1 heterocycles. The number of hydrogen-bond acceptors (Lipinski definition) is 2. The second-order valence-electron chi connectivity index (χ2n) is 3.50. The molecule has 0 atom stereocenters. The van der Waals surface area contributed by atoms with E-state index in [4.69, 9.17) is 5.11 Å². The van der Waals surface area contributed by atoms with Crippen LogP contribution in [0.25, 0.3) is 0 Å². The number of aryl methyl sites for hydroxylation is 1. The minimum atomic E-state index is 0.0819. The summed E-state index contributed by atoms with van der Waals surface area (Å²) in [5.74, 6) is 0.611. The summed E-state index contributed by atoms with van der Waals surface area (Å²) in [7, 11) is 1.86. The predicted molar refractivity (Wildman–Crippen MR) is 47.7 cm³/mol. The van der Waals surface area contributed by atoms with Crippen molar-refractivity contribution in [3.63, 3.8) is 0 Å². The Morgan fingerprint density at radius 2 is 2.25 bits per heavy atom. The zero-order chi connectivity index (χ0) is 9.14. The second-order valence-corrected chi connectivity index (χ2v) is 3.50. The lowest BCUT2D eigenvalue weighted by Crippen LogP contribution is -2.02. The molecule has 0 aromatic carbocycles. The topological polar surface area (TPSA) is 38.0 Å². The van der Waals surface area contributed by atoms with E-state index in [1.807, 2.05) is 13.2 Å². The summed E-state index contributed by atoms with van der Waals surface area (Å²) in [6.45, 7) is 4.40. The molecule has 0 fully saturated rings. The van der Waals surface area contributed by atoms with Crippen LogP contribution in [0.15, 0.2) is 6.20 Å². The molecule has 0 aliphatic heterocycles. The largest absolute Gasteiger partial charge is 0.390 e. The fourth-order valence-electron chi connectivity index (χ4n) is 1.32. The van der Waals surface area contributed by atoms with E-state index in [1.54, 1.807) is 4.68 Å². The predicted octanol–water partition coefficient (Wildman–Crippen LogP) is 1.11. The average molecular weight is 168 g/mol. The van der Waals surface area contributed by atoms with Crippen molar-refractivity contribution < 1.29 is 5.11 Å². The van der Waals surface area contributed by atoms with Crippen LogP contribution in [0.2, 0.25) is 0 Å². The molecule has 1 rings (SSSR count). The van der Waals surface area contributed by atoms with Gasteiger partial charge in [-0.3, -0.25) is 4.68 Å². The van der Waals surface area contributed by atoms with Gasteiger partial charge in [0.25, 0.3) is 0 Å². The fourth-order valence-corrected chi connectivity index (χ4v) is 1.32. The van der Waals surface area contributed by atoms with Gasteiger partial charge in [-0.2, -0.15) is 5.10 Å². The van der Waals surface area contributed by atoms with Crippen molar-refractivity contribution in [1.82, 2.24) is 9.78 Å². The molecule has 0 unspecified atom stereocenters. The molecule has 1 aromatic heterocycles. The lowest BCUT2D eigenvalue weighted by atomic mass is 10.0. The van der Waals surface area contributed by atoms with E-state index in [-0.39, 0.29) is 6.61 Å². The maximum Gasteiger partial charge on any atom is 0.0852 e. The Balaban J connectivity index is 2.84. The zero-order valence-electron chi connectivity index (χ0n) is 7.91. The fraction of sp³-hybridized carbons (Fsp3) is 0.667. The van der Waals surface area contributed by atoms with Gasteiger partial charge in [0.1, 0.15) is 0 Å². The van der Waals surface area contributed by atoms with Crippen molar-refractivity contribution in [2.75, 3.05) is 0 Å². The van der Waals surface area contributed by atoms with Crippen LogP contribution in [0, 0.1) is 5.92 Å². The molecule has 68 valence electrons. The summed E-state index contributed by atoms with van der Waals surface area (Å²) < 4.78 is 1.73. The van der Waals surface area contributed by atoms with Crippen molar-refractivity contribution in [2.45, 2.75) is 26.9 Å². The number of aliphatic hydroxyl groups excluding tert-OH is 1. The standard InChI is InChI=1S/C9H16N2O/c1-7(2)4-8-5-10-11(3)9(8)6-12/h5,7,12H,4,6H2,1-3H3. The van der Waals surface area contributed by atoms with E-state index in [2.05, 4.69) is 18.9 Å². The molecule has 0 spiro atoms. The quantitative estimate of drug-likeness (QED) is 0.734. The molecule has 0 bridgehead atoms. The lowest BCUT2D eigenvalue weighted by molar-refractivity contribution is 0.269. The van der Waals surface area contributed by atoms with Gasteiger partial charge in [-0.05, 0) is 17.9 Å². The molecule has 0 radical (unpaired) electrons. The highest BCUT2D eigenvalue weighted by atomic mass is 16.3. The number of aromatic nitrogens is 2. The highest BCUT2D eigenvalue weighted by Gasteiger charge is 2.08. The summed E-state index contributed by atoms with van der Waals surface area (Å²) in [5, 5.41) is 13.1. The van der Waals surface area contributed by atoms with Gasteiger partial charge in [0.15, 0.2) is 0 Å². The second kappa shape index (κ2) is 3.72. The molecule has 0 aliphatic rings. The maximum absolute atomic E-state index is 9.04. The monoisotopic (exact) mass is 168 g/mol. The van der Waals surface area contributed by atoms with Crippen LogP contribution in [-0.4, -0.2) is 14.9 Å². The first-order valence-electron chi connectivity index (χ1n) is 4.25. The van der Waals surface area contributed by atoms with E-state index in [0.29, 0.717) is 5.92 Å². The number of nitrogens with zero attached hydrogens (tertiary/aromatic N) is 2. The van der Waals surface area contributed by atoms with Crippen molar-refractivity contribution in [2.24, 2.45) is 13.0 Å². The van der Waals surface area contributed by atoms with Gasteiger partial charge < -0.3 is 5.11 Å². The van der Waals surface area contributed by atoms with Gasteiger partial charge in [-0.15, -0.1) is 0 Å². The molecule has 0 saturated carbocycles. The van der Waals surface area contributed by atoms with Crippen LogP contribution in [0.5, 0.6) is 0 Å². The Morgan fingerprint density at radius 1 is 1.58 bits per heavy atom. The molecule has 12 heavy (non-hydrogen) atoms. The summed E-state index contributed by atoms with van der Waals surface area (Å²) in [6.07, 6.45) is 2.83. The normalized spacial score (nSPS) is 11.1. The summed E-state index contributed by atoms with van der Waals surface area (Å²) in [5.41, 5.74) is 2.10. The molecular weight excluding hydrogens is 152 g/mol. The minimum absolute atomic E-state index is 0.0819. The average Bonchev–Trinajstić information content (AvgIpc) is 2.30. The SMILES string of the molecule is CC(C)Cc1cnn(C)c1CO. The Bertz CT molecular complexity index is 253. The third-order valence-electron chi connectivity index (χ3n) is 1.93. The minimum Gasteiger partial charge on any atom is -0.390 e. The smallest absolute Gasteiger partial charge is 0.0852 e. The third-order valence-corrected chi connectivity index (χ3v) is 1.93. The van der Waals surface area contributed by atoms with Gasteiger partial charge in [0, 0.05) is 7.05 Å². The van der Waals surface area contributed by atoms with E-state index in [1.165, 1.54) is 0 Å². The van der Waals surface area contributed by atoms with E-state index in [9.17, 15) is 0 Å². The Labute approximate surface area is 73.0 Å². The summed E-state index contributed by atoms with van der Waals surface area (Å²) in [4.78, 5) is 0. The first-order chi connectivity index (χ1) is 5.65. The number of aliphatic hydroxyl groups is 1. The Morgan fingerprint density at radius 3 is 2.75 bits per heavy atom. The van der Waals surface area contributed by atoms with Crippen molar-refractivity contribution in [3.8, 4) is 0 Å². The van der Waals surface area contributed by atoms with Gasteiger partial charge in [-0.1, -0.05) is 13.8 Å². The Kier molecular flexibility index (Phi) is 2.87. The van der Waals surface area contributed by atoms with Gasteiger partial charge in [0.2, 0.25) is 0 Å². The molecule has 0 amide bonds. The zero-order valence-corrected chi connectivity index (χ0v) is 7.91. The molecular formula is C9H16N2O. The van der Waals surface area contributed by atoms with Crippen LogP contribution < -0.4 is 0 Å². The third kappa shape index (κ3) is 1.85. The van der Waals surface area contributed by atoms with Crippen molar-refractivity contribution in [1.29, 1.82) is 0 Å². The molecule has 1 aromatic rings. The molecule has 0 saturated heterocycles. The van der Waals surface area contributed by atoms with Gasteiger partial charge in [-0.25, -0.2) is 0 Å². The van der Waals surface area contributed by atoms with E-state index < -0.39 is 0 Å². The van der Waals surface area contributed by atoms with Crippen LogP contribution in [-0.2, 0) is 20.1 Å². The maximum atomic E-state index is 9.04. The van der Waals surface area contributed by atoms with Crippen molar-refractivity contribution >= 4 is 0 Å². The molecule has 1 N–H and O–H groups in total. The number of rotatable bonds is 3. The highest BCUT2D eigenvalue weighted by molar-refractivity contribution is 5.17. The molecule has 0 aliphatic carbocycles. The van der Waals surface area contributed by atoms with E-state index in [0.717, 1.165) is 17.7 Å². The first-order valence-corrected chi connectivity index (χ1v) is 4.25. The summed E-state index contributed by atoms with van der Waals surface area (Å²) >= 11 is 0. The van der Waals surface area contributed by atoms with Crippen molar-refractivity contribution in [3.05, 3.63) is 17.5 Å². The summed E-state index contributed by atoms with van der Waals surface area (Å²) in [6, 6.07) is 0. The van der Waals surface area contributed by atoms with Gasteiger partial charge >= 0.3 is 0 Å². The van der Waals surface area contributed by atoms with Crippen LogP contribution in [0.1, 0.15) is 25.1 Å². The molecule has 3 nitrogen and oxygen atoms in total. The van der Waals surface area contributed by atoms with Crippen LogP contribution in [0.3, 0.4) is 0 Å². The Hall–Kier alpha value is -0.830. The molecule has 3 heteroatoms. The highest BCUT2D eigenvalue weighted by Crippen LogP contribution is 2.12. The van der Waals surface area contributed by atoms with Crippen LogP contribution in [0.4, 0.5) is 0 Å². The van der Waals surface area contributed by atoms with Gasteiger partial charge in [0.05, 0.1) is 18.5 Å². The van der Waals surface area contributed by atoms with Crippen LogP contribution >= 0.6 is 0 Å². The lowest BCUT2D eigenvalue weighted by Gasteiger charge is -2.04. The van der Waals surface area contributed by atoms with E-state index >= 15 is 0 Å². The first kappa shape index (κ1) is 9.26. The number of hydrogen-bond donors (Lipinski definition) is 1.